The molecule has 184 valence electrons. The summed E-state index contributed by atoms with van der Waals surface area (Å²) in [6.07, 6.45) is 2.70. The normalized spacial score (nSPS) is 25.4. The van der Waals surface area contributed by atoms with E-state index < -0.39 is 30.2 Å². The van der Waals surface area contributed by atoms with E-state index >= 15 is 0 Å². The summed E-state index contributed by atoms with van der Waals surface area (Å²) >= 11 is 0. The maximum atomic E-state index is 13.5. The average molecular weight is 470 g/mol. The molecule has 3 aliphatic rings. The third-order valence-corrected chi connectivity index (χ3v) is 7.18. The second-order valence-corrected chi connectivity index (χ2v) is 9.74. The summed E-state index contributed by atoms with van der Waals surface area (Å²) in [6, 6.07) is 8.08. The molecule has 1 heterocycles. The number of rotatable bonds is 9. The summed E-state index contributed by atoms with van der Waals surface area (Å²) in [5, 5.41) is 16.3. The van der Waals surface area contributed by atoms with Crippen LogP contribution in [0.15, 0.2) is 42.5 Å². The van der Waals surface area contributed by atoms with Gasteiger partial charge in [0.1, 0.15) is 12.6 Å². The smallest absolute Gasteiger partial charge is 0.410 e. The number of aliphatic hydroxyl groups is 1. The first-order chi connectivity index (χ1) is 16.4. The Morgan fingerprint density at radius 2 is 1.94 bits per heavy atom. The number of amides is 3. The molecular weight excluding hydrogens is 434 g/mol. The molecule has 3 N–H and O–H groups in total. The summed E-state index contributed by atoms with van der Waals surface area (Å²) in [7, 11) is 0. The molecule has 8 nitrogen and oxygen atoms in total. The highest BCUT2D eigenvalue weighted by Crippen LogP contribution is 2.45. The Balaban J connectivity index is 1.45. The molecular formula is C26H35N3O5. The quantitative estimate of drug-likeness (QED) is 0.482. The molecule has 1 unspecified atom stereocenters. The number of carbonyl (C=O) groups excluding carboxylic acids is 3. The van der Waals surface area contributed by atoms with Gasteiger partial charge in [-0.15, -0.1) is 0 Å². The van der Waals surface area contributed by atoms with E-state index in [9.17, 15) is 19.5 Å². The molecule has 34 heavy (non-hydrogen) atoms. The monoisotopic (exact) mass is 469 g/mol. The Labute approximate surface area is 200 Å². The van der Waals surface area contributed by atoms with Crippen molar-refractivity contribution in [3.05, 3.63) is 48.0 Å². The first-order valence-corrected chi connectivity index (χ1v) is 12.3. The largest absolute Gasteiger partial charge is 0.445 e. The first-order valence-electron chi connectivity index (χ1n) is 12.3. The van der Waals surface area contributed by atoms with Gasteiger partial charge < -0.3 is 20.5 Å². The van der Waals surface area contributed by atoms with Crippen molar-refractivity contribution < 1.29 is 24.2 Å². The second-order valence-electron chi connectivity index (χ2n) is 9.74. The van der Waals surface area contributed by atoms with Crippen molar-refractivity contribution in [2.45, 2.75) is 76.3 Å². The third-order valence-electron chi connectivity index (χ3n) is 7.18. The van der Waals surface area contributed by atoms with Gasteiger partial charge in [0, 0.05) is 18.5 Å². The van der Waals surface area contributed by atoms with Crippen molar-refractivity contribution in [1.82, 2.24) is 15.5 Å². The summed E-state index contributed by atoms with van der Waals surface area (Å²) in [6.45, 7) is 6.60. The predicted octanol–water partition coefficient (Wildman–Crippen LogP) is 2.51. The number of hydrogen-bond acceptors (Lipinski definition) is 5. The van der Waals surface area contributed by atoms with Gasteiger partial charge in [0.05, 0.1) is 6.04 Å². The molecule has 2 aliphatic carbocycles. The van der Waals surface area contributed by atoms with E-state index in [1.165, 1.54) is 4.90 Å². The van der Waals surface area contributed by atoms with Crippen LogP contribution < -0.4 is 10.6 Å². The van der Waals surface area contributed by atoms with E-state index in [-0.39, 0.29) is 30.4 Å². The zero-order chi connectivity index (χ0) is 24.2. The van der Waals surface area contributed by atoms with Crippen molar-refractivity contribution in [3.63, 3.8) is 0 Å². The topological polar surface area (TPSA) is 108 Å². The van der Waals surface area contributed by atoms with Gasteiger partial charge in [0.2, 0.25) is 5.91 Å². The van der Waals surface area contributed by atoms with Crippen molar-refractivity contribution >= 4 is 17.9 Å². The van der Waals surface area contributed by atoms with Gasteiger partial charge in [-0.25, -0.2) is 4.79 Å². The van der Waals surface area contributed by atoms with Crippen LogP contribution in [0.1, 0.15) is 51.0 Å². The lowest BCUT2D eigenvalue weighted by Crippen LogP contribution is -2.56. The van der Waals surface area contributed by atoms with Crippen LogP contribution in [0.25, 0.3) is 0 Å². The van der Waals surface area contributed by atoms with Crippen molar-refractivity contribution in [2.75, 3.05) is 6.54 Å². The Morgan fingerprint density at radius 3 is 2.62 bits per heavy atom. The molecule has 0 bridgehead atoms. The van der Waals surface area contributed by atoms with Crippen LogP contribution in [0.3, 0.4) is 0 Å². The minimum absolute atomic E-state index is 0.0449. The lowest BCUT2D eigenvalue weighted by atomic mass is 9.91. The van der Waals surface area contributed by atoms with E-state index in [1.54, 1.807) is 0 Å². The summed E-state index contributed by atoms with van der Waals surface area (Å²) in [5.41, 5.74) is 1.92. The molecule has 1 aliphatic heterocycles. The van der Waals surface area contributed by atoms with Crippen LogP contribution in [0.5, 0.6) is 0 Å². The van der Waals surface area contributed by atoms with Gasteiger partial charge in [0.15, 0.2) is 6.10 Å². The van der Waals surface area contributed by atoms with Gasteiger partial charge in [-0.05, 0) is 43.6 Å². The van der Waals surface area contributed by atoms with Crippen molar-refractivity contribution in [3.8, 4) is 0 Å². The number of fused-ring (bicyclic) bond motifs is 1. The fourth-order valence-corrected chi connectivity index (χ4v) is 5.15. The number of hydrogen-bond donors (Lipinski definition) is 3. The summed E-state index contributed by atoms with van der Waals surface area (Å²) in [4.78, 5) is 40.5. The summed E-state index contributed by atoms with van der Waals surface area (Å²) in [5.74, 6) is -0.807. The lowest BCUT2D eigenvalue weighted by Gasteiger charge is -2.30. The maximum absolute atomic E-state index is 13.5. The summed E-state index contributed by atoms with van der Waals surface area (Å²) < 4.78 is 5.55. The Kier molecular flexibility index (Phi) is 7.56. The van der Waals surface area contributed by atoms with Gasteiger partial charge >= 0.3 is 6.09 Å². The van der Waals surface area contributed by atoms with Crippen LogP contribution in [0.4, 0.5) is 4.79 Å². The second kappa shape index (κ2) is 10.6. The fourth-order valence-electron chi connectivity index (χ4n) is 5.15. The molecule has 3 fully saturated rings. The number of benzene rings is 1. The van der Waals surface area contributed by atoms with Crippen LogP contribution in [0, 0.1) is 11.8 Å². The number of ether oxygens (including phenoxy) is 1. The highest BCUT2D eigenvalue weighted by Gasteiger charge is 2.51. The van der Waals surface area contributed by atoms with Crippen LogP contribution >= 0.6 is 0 Å². The van der Waals surface area contributed by atoms with Gasteiger partial charge in [-0.3, -0.25) is 14.5 Å². The van der Waals surface area contributed by atoms with Gasteiger partial charge in [-0.1, -0.05) is 55.8 Å². The van der Waals surface area contributed by atoms with Crippen molar-refractivity contribution in [2.24, 2.45) is 11.8 Å². The van der Waals surface area contributed by atoms with Gasteiger partial charge in [-0.2, -0.15) is 0 Å². The zero-order valence-corrected chi connectivity index (χ0v) is 19.7. The average Bonchev–Trinajstić information content (AvgIpc) is 3.45. The van der Waals surface area contributed by atoms with Gasteiger partial charge in [0.25, 0.3) is 5.91 Å². The minimum atomic E-state index is -1.33. The molecule has 1 aromatic rings. The van der Waals surface area contributed by atoms with E-state index in [4.69, 9.17) is 4.74 Å². The molecule has 5 atom stereocenters. The van der Waals surface area contributed by atoms with Crippen LogP contribution in [-0.2, 0) is 20.9 Å². The Hall–Kier alpha value is -2.87. The minimum Gasteiger partial charge on any atom is -0.445 e. The molecule has 1 aromatic carbocycles. The predicted molar refractivity (Wildman–Crippen MR) is 126 cm³/mol. The Bertz CT molecular complexity index is 916. The molecule has 8 heteroatoms. The SMILES string of the molecule is C=C1CC[C@H]2[C@@H]1CN(C(=O)OCc1ccccc1)[C@@H]2C(=O)N[C@@H](CCC)C(O)C(=O)NC1CC1. The number of aliphatic hydroxyl groups excluding tert-OH is 1. The molecule has 0 aromatic heterocycles. The third kappa shape index (κ3) is 5.43. The molecule has 3 amide bonds. The number of likely N-dealkylation sites (tertiary alicyclic amines) is 1. The zero-order valence-electron chi connectivity index (χ0n) is 19.7. The number of nitrogens with zero attached hydrogens (tertiary/aromatic N) is 1. The van der Waals surface area contributed by atoms with Crippen LogP contribution in [0.2, 0.25) is 0 Å². The van der Waals surface area contributed by atoms with E-state index in [0.29, 0.717) is 19.4 Å². The molecule has 0 radical (unpaired) electrons. The molecule has 0 spiro atoms. The standard InChI is InChI=1S/C26H35N3O5/c1-3-7-21(23(30)25(32)27-18-11-12-18)28-24(31)22-19-13-10-16(2)20(19)14-29(22)26(33)34-15-17-8-5-4-6-9-17/h4-6,8-9,18-23,30H,2-3,7,10-15H2,1H3,(H,27,32)(H,28,31)/t19-,20+,21-,22-,23?/m0/s1. The maximum Gasteiger partial charge on any atom is 0.410 e. The number of carbonyl (C=O) groups is 3. The number of nitrogens with one attached hydrogen (secondary N) is 2. The highest BCUT2D eigenvalue weighted by atomic mass is 16.6. The fraction of sp³-hybridized carbons (Fsp3) is 0.577. The van der Waals surface area contributed by atoms with E-state index in [0.717, 1.165) is 36.8 Å². The molecule has 4 rings (SSSR count). The Morgan fingerprint density at radius 1 is 1.21 bits per heavy atom. The van der Waals surface area contributed by atoms with E-state index in [1.807, 2.05) is 37.3 Å². The first kappa shape index (κ1) is 24.3. The molecule has 1 saturated heterocycles. The highest BCUT2D eigenvalue weighted by molar-refractivity contribution is 5.88. The van der Waals surface area contributed by atoms with Crippen LogP contribution in [-0.4, -0.2) is 58.7 Å². The van der Waals surface area contributed by atoms with E-state index in [2.05, 4.69) is 17.2 Å². The lowest BCUT2D eigenvalue weighted by molar-refractivity contribution is -0.133. The van der Waals surface area contributed by atoms with Crippen molar-refractivity contribution in [1.29, 1.82) is 0 Å². The molecule has 2 saturated carbocycles.